The number of aromatic nitrogens is 1. The van der Waals surface area contributed by atoms with Gasteiger partial charge in [0.05, 0.1) is 30.7 Å². The van der Waals surface area contributed by atoms with Crippen molar-refractivity contribution in [3.63, 3.8) is 0 Å². The van der Waals surface area contributed by atoms with Gasteiger partial charge in [-0.1, -0.05) is 0 Å². The molecular formula is C11H8ClF6NO3. The zero-order chi connectivity index (χ0) is 17.1. The van der Waals surface area contributed by atoms with Gasteiger partial charge in [-0.25, -0.2) is 4.98 Å². The summed E-state index contributed by atoms with van der Waals surface area (Å²) in [5.41, 5.74) is -2.71. The number of hydrogen-bond acceptors (Lipinski definition) is 4. The van der Waals surface area contributed by atoms with Gasteiger partial charge in [0.2, 0.25) is 5.88 Å². The molecule has 0 saturated carbocycles. The maximum Gasteiger partial charge on any atom is 0.574 e. The molecule has 0 unspecified atom stereocenters. The summed E-state index contributed by atoms with van der Waals surface area (Å²) in [5.74, 6) is -2.99. The Bertz CT molecular complexity index is 558. The topological polar surface area (TPSA) is 48.4 Å². The monoisotopic (exact) mass is 351 g/mol. The molecule has 0 atom stereocenters. The summed E-state index contributed by atoms with van der Waals surface area (Å²) in [4.78, 5) is 14.4. The SMILES string of the molecule is COC(=O)Cc1c(C(F)(F)F)cc(OC(F)(F)F)nc1CCl. The van der Waals surface area contributed by atoms with Crippen LogP contribution in [0.1, 0.15) is 16.8 Å². The summed E-state index contributed by atoms with van der Waals surface area (Å²) in [6, 6.07) is 0.0574. The number of pyridine rings is 1. The third-order valence-electron chi connectivity index (χ3n) is 2.39. The average molecular weight is 352 g/mol. The lowest BCUT2D eigenvalue weighted by Crippen LogP contribution is -2.21. The van der Waals surface area contributed by atoms with Gasteiger partial charge in [-0.15, -0.1) is 24.8 Å². The second-order valence-corrected chi connectivity index (χ2v) is 4.13. The minimum Gasteiger partial charge on any atom is -0.469 e. The summed E-state index contributed by atoms with van der Waals surface area (Å²) in [6.45, 7) is 0. The van der Waals surface area contributed by atoms with E-state index in [0.29, 0.717) is 0 Å². The van der Waals surface area contributed by atoms with Gasteiger partial charge in [0.15, 0.2) is 0 Å². The Morgan fingerprint density at radius 2 is 1.86 bits per heavy atom. The van der Waals surface area contributed by atoms with E-state index in [1.807, 2.05) is 0 Å². The molecule has 22 heavy (non-hydrogen) atoms. The number of rotatable bonds is 4. The molecule has 0 spiro atoms. The van der Waals surface area contributed by atoms with Crippen molar-refractivity contribution in [3.05, 3.63) is 22.9 Å². The van der Waals surface area contributed by atoms with Crippen molar-refractivity contribution < 1.29 is 40.6 Å². The van der Waals surface area contributed by atoms with Crippen LogP contribution >= 0.6 is 11.6 Å². The molecule has 0 saturated heterocycles. The van der Waals surface area contributed by atoms with Crippen molar-refractivity contribution in [2.45, 2.75) is 24.8 Å². The third-order valence-corrected chi connectivity index (χ3v) is 2.64. The highest BCUT2D eigenvalue weighted by molar-refractivity contribution is 6.17. The van der Waals surface area contributed by atoms with Crippen molar-refractivity contribution in [1.29, 1.82) is 0 Å². The quantitative estimate of drug-likeness (QED) is 0.473. The number of alkyl halides is 7. The molecule has 1 heterocycles. The van der Waals surface area contributed by atoms with Crippen molar-refractivity contribution in [2.75, 3.05) is 7.11 Å². The number of hydrogen-bond donors (Lipinski definition) is 0. The Balaban J connectivity index is 3.44. The van der Waals surface area contributed by atoms with E-state index in [0.717, 1.165) is 7.11 Å². The smallest absolute Gasteiger partial charge is 0.469 e. The van der Waals surface area contributed by atoms with E-state index in [1.54, 1.807) is 0 Å². The Kier molecular flexibility index (Phi) is 5.49. The van der Waals surface area contributed by atoms with E-state index in [2.05, 4.69) is 14.5 Å². The number of carbonyl (C=O) groups excluding carboxylic acids is 1. The molecule has 0 N–H and O–H groups in total. The van der Waals surface area contributed by atoms with Crippen LogP contribution in [0.3, 0.4) is 0 Å². The number of halogens is 7. The molecule has 0 fully saturated rings. The van der Waals surface area contributed by atoms with Crippen molar-refractivity contribution >= 4 is 17.6 Å². The Morgan fingerprint density at radius 1 is 1.27 bits per heavy atom. The minimum atomic E-state index is -5.22. The van der Waals surface area contributed by atoms with Crippen LogP contribution < -0.4 is 4.74 Å². The van der Waals surface area contributed by atoms with E-state index >= 15 is 0 Å². The Hall–Kier alpha value is -1.71. The molecule has 1 rings (SSSR count). The van der Waals surface area contributed by atoms with Crippen LogP contribution in [0.2, 0.25) is 0 Å². The van der Waals surface area contributed by atoms with Crippen molar-refractivity contribution in [2.24, 2.45) is 0 Å². The number of methoxy groups -OCH3 is 1. The largest absolute Gasteiger partial charge is 0.574 e. The van der Waals surface area contributed by atoms with Gasteiger partial charge in [0.1, 0.15) is 0 Å². The van der Waals surface area contributed by atoms with Crippen molar-refractivity contribution in [1.82, 2.24) is 4.98 Å². The van der Waals surface area contributed by atoms with E-state index in [9.17, 15) is 31.1 Å². The molecule has 0 aliphatic heterocycles. The normalized spacial score (nSPS) is 12.2. The molecule has 0 aromatic carbocycles. The Morgan fingerprint density at radius 3 is 2.27 bits per heavy atom. The fourth-order valence-corrected chi connectivity index (χ4v) is 1.77. The Labute approximate surface area is 125 Å². The first-order chi connectivity index (χ1) is 9.97. The summed E-state index contributed by atoms with van der Waals surface area (Å²) in [5, 5.41) is 0. The van der Waals surface area contributed by atoms with Crippen LogP contribution in [-0.2, 0) is 28.0 Å². The van der Waals surface area contributed by atoms with Gasteiger partial charge >= 0.3 is 18.5 Å². The van der Waals surface area contributed by atoms with Crippen molar-refractivity contribution in [3.8, 4) is 5.88 Å². The highest BCUT2D eigenvalue weighted by Crippen LogP contribution is 2.37. The zero-order valence-electron chi connectivity index (χ0n) is 10.8. The first-order valence-electron chi connectivity index (χ1n) is 5.46. The minimum absolute atomic E-state index is 0.0574. The first kappa shape index (κ1) is 18.3. The molecule has 11 heteroatoms. The molecule has 1 aromatic heterocycles. The van der Waals surface area contributed by atoms with Gasteiger partial charge < -0.3 is 9.47 Å². The van der Waals surface area contributed by atoms with Gasteiger partial charge in [-0.05, 0) is 5.56 Å². The number of ether oxygens (including phenoxy) is 2. The summed E-state index contributed by atoms with van der Waals surface area (Å²) in [7, 11) is 0.949. The zero-order valence-corrected chi connectivity index (χ0v) is 11.6. The van der Waals surface area contributed by atoms with E-state index < -0.39 is 53.5 Å². The second-order valence-electron chi connectivity index (χ2n) is 3.87. The molecule has 0 bridgehead atoms. The molecule has 0 radical (unpaired) electrons. The van der Waals surface area contributed by atoms with Gasteiger partial charge in [0, 0.05) is 6.07 Å². The van der Waals surface area contributed by atoms with Crippen LogP contribution in [0.4, 0.5) is 26.3 Å². The molecule has 1 aromatic rings. The fourth-order valence-electron chi connectivity index (χ4n) is 1.55. The fraction of sp³-hybridized carbons (Fsp3) is 0.455. The maximum absolute atomic E-state index is 13.0. The van der Waals surface area contributed by atoms with E-state index in [1.165, 1.54) is 0 Å². The van der Waals surface area contributed by atoms with Crippen LogP contribution in [-0.4, -0.2) is 24.4 Å². The lowest BCUT2D eigenvalue weighted by Gasteiger charge is -2.17. The molecular weight excluding hydrogens is 344 g/mol. The van der Waals surface area contributed by atoms with Crippen LogP contribution in [0.5, 0.6) is 5.88 Å². The number of carbonyl (C=O) groups is 1. The summed E-state index contributed by atoms with van der Waals surface area (Å²) >= 11 is 5.41. The molecule has 0 amide bonds. The van der Waals surface area contributed by atoms with Gasteiger partial charge in [-0.2, -0.15) is 13.2 Å². The molecule has 0 aliphatic rings. The maximum atomic E-state index is 13.0. The van der Waals surface area contributed by atoms with E-state index in [-0.39, 0.29) is 6.07 Å². The van der Waals surface area contributed by atoms with Gasteiger partial charge in [0.25, 0.3) is 0 Å². The van der Waals surface area contributed by atoms with E-state index in [4.69, 9.17) is 11.6 Å². The van der Waals surface area contributed by atoms with Crippen LogP contribution in [0.15, 0.2) is 6.07 Å². The summed E-state index contributed by atoms with van der Waals surface area (Å²) in [6.07, 6.45) is -11.1. The lowest BCUT2D eigenvalue weighted by molar-refractivity contribution is -0.276. The standard InChI is InChI=1S/C11H8ClF6NO3/c1-21-9(20)2-5-6(10(13,14)15)3-8(19-7(5)4-12)22-11(16,17)18/h3H,2,4H2,1H3. The number of esters is 1. The number of nitrogens with zero attached hydrogens (tertiary/aromatic N) is 1. The predicted octanol–water partition coefficient (Wildman–Crippen LogP) is 3.45. The highest BCUT2D eigenvalue weighted by Gasteiger charge is 2.38. The molecule has 4 nitrogen and oxygen atoms in total. The lowest BCUT2D eigenvalue weighted by atomic mass is 10.0. The summed E-state index contributed by atoms with van der Waals surface area (Å²) < 4.78 is 82.9. The average Bonchev–Trinajstić information content (AvgIpc) is 2.36. The molecule has 0 aliphatic carbocycles. The van der Waals surface area contributed by atoms with Crippen LogP contribution in [0, 0.1) is 0 Å². The second kappa shape index (κ2) is 6.59. The molecule has 124 valence electrons. The van der Waals surface area contributed by atoms with Crippen LogP contribution in [0.25, 0.3) is 0 Å². The van der Waals surface area contributed by atoms with Gasteiger partial charge in [-0.3, -0.25) is 4.79 Å². The predicted molar refractivity (Wildman–Crippen MR) is 61.2 cm³/mol. The highest BCUT2D eigenvalue weighted by atomic mass is 35.5. The first-order valence-corrected chi connectivity index (χ1v) is 6.00. The third kappa shape index (κ3) is 4.93.